The van der Waals surface area contributed by atoms with Gasteiger partial charge >= 0.3 is 5.97 Å². The molecule has 2 aromatic rings. The van der Waals surface area contributed by atoms with Crippen LogP contribution in [0.5, 0.6) is 17.2 Å². The first-order chi connectivity index (χ1) is 15.4. The molecule has 0 saturated carbocycles. The largest absolute Gasteiger partial charge is 0.493 e. The number of carbonyl (C=O) groups excluding carboxylic acids is 4. The van der Waals surface area contributed by atoms with E-state index >= 15 is 0 Å². The predicted molar refractivity (Wildman–Crippen MR) is 110 cm³/mol. The van der Waals surface area contributed by atoms with Crippen LogP contribution in [-0.4, -0.2) is 57.7 Å². The van der Waals surface area contributed by atoms with E-state index in [0.29, 0.717) is 22.9 Å². The third kappa shape index (κ3) is 5.25. The Kier molecular flexibility index (Phi) is 7.11. The van der Waals surface area contributed by atoms with Gasteiger partial charge in [0.15, 0.2) is 24.7 Å². The summed E-state index contributed by atoms with van der Waals surface area (Å²) in [5, 5.41) is 0. The van der Waals surface area contributed by atoms with Crippen LogP contribution >= 0.6 is 0 Å². The zero-order valence-electron chi connectivity index (χ0n) is 17.4. The molecule has 1 aliphatic heterocycles. The summed E-state index contributed by atoms with van der Waals surface area (Å²) < 4.78 is 20.4. The minimum Gasteiger partial charge on any atom is -0.493 e. The summed E-state index contributed by atoms with van der Waals surface area (Å²) in [7, 11) is 2.89. The molecular formula is C21H21N3O8. The predicted octanol–water partition coefficient (Wildman–Crippen LogP) is 0.434. The van der Waals surface area contributed by atoms with Gasteiger partial charge in [0.1, 0.15) is 12.3 Å². The van der Waals surface area contributed by atoms with E-state index < -0.39 is 30.3 Å². The number of carbonyl (C=O) groups is 4. The van der Waals surface area contributed by atoms with Crippen LogP contribution in [0.3, 0.4) is 0 Å². The molecule has 1 aliphatic rings. The van der Waals surface area contributed by atoms with Crippen molar-refractivity contribution in [2.24, 2.45) is 0 Å². The SMILES string of the molecule is COc1ccc(C(=O)NNC(=O)COC(=O)CN2C(=O)COc3ccccc32)cc1OC. The molecule has 0 saturated heterocycles. The molecule has 0 fully saturated rings. The number of esters is 1. The first kappa shape index (κ1) is 22.4. The number of methoxy groups -OCH3 is 2. The minimum atomic E-state index is -0.795. The lowest BCUT2D eigenvalue weighted by Gasteiger charge is -2.28. The van der Waals surface area contributed by atoms with E-state index in [4.69, 9.17) is 18.9 Å². The number of anilines is 1. The summed E-state index contributed by atoms with van der Waals surface area (Å²) >= 11 is 0. The third-order valence-corrected chi connectivity index (χ3v) is 4.42. The molecular weight excluding hydrogens is 422 g/mol. The zero-order valence-corrected chi connectivity index (χ0v) is 17.4. The number of nitrogens with one attached hydrogen (secondary N) is 2. The Morgan fingerprint density at radius 1 is 1.03 bits per heavy atom. The number of hydrogen-bond acceptors (Lipinski definition) is 8. The second-order valence-electron chi connectivity index (χ2n) is 6.47. The highest BCUT2D eigenvalue weighted by atomic mass is 16.5. The van der Waals surface area contributed by atoms with Crippen molar-refractivity contribution in [1.82, 2.24) is 10.9 Å². The van der Waals surface area contributed by atoms with Crippen molar-refractivity contribution in [1.29, 1.82) is 0 Å². The summed E-state index contributed by atoms with van der Waals surface area (Å²) in [5.74, 6) is -1.32. The summed E-state index contributed by atoms with van der Waals surface area (Å²) in [5.41, 5.74) is 5.00. The van der Waals surface area contributed by atoms with Crippen molar-refractivity contribution < 1.29 is 38.1 Å². The van der Waals surface area contributed by atoms with Gasteiger partial charge in [0.2, 0.25) is 0 Å². The van der Waals surface area contributed by atoms with E-state index in [1.807, 2.05) is 0 Å². The van der Waals surface area contributed by atoms with Crippen molar-refractivity contribution >= 4 is 29.4 Å². The number of benzene rings is 2. The molecule has 3 rings (SSSR count). The lowest BCUT2D eigenvalue weighted by Crippen LogP contribution is -2.45. The average molecular weight is 443 g/mol. The maximum absolute atomic E-state index is 12.2. The quantitative estimate of drug-likeness (QED) is 0.465. The number of nitrogens with zero attached hydrogens (tertiary/aromatic N) is 1. The van der Waals surface area contributed by atoms with Gasteiger partial charge in [-0.05, 0) is 30.3 Å². The Morgan fingerprint density at radius 3 is 2.53 bits per heavy atom. The molecule has 168 valence electrons. The Bertz CT molecular complexity index is 1040. The standard InChI is InChI=1S/C21H21N3O8/c1-29-16-8-7-13(9-17(16)30-2)21(28)23-22-18(25)11-32-20(27)10-24-14-5-3-4-6-15(14)31-12-19(24)26/h3-9H,10-12H2,1-2H3,(H,22,25)(H,23,28). The Hall–Kier alpha value is -4.28. The van der Waals surface area contributed by atoms with Gasteiger partial charge in [-0.3, -0.25) is 34.9 Å². The molecule has 11 nitrogen and oxygen atoms in total. The van der Waals surface area contributed by atoms with Crippen molar-refractivity contribution in [3.8, 4) is 17.2 Å². The fourth-order valence-electron chi connectivity index (χ4n) is 2.86. The maximum Gasteiger partial charge on any atom is 0.326 e. The first-order valence-electron chi connectivity index (χ1n) is 9.42. The summed E-state index contributed by atoms with van der Waals surface area (Å²) in [4.78, 5) is 49.5. The Morgan fingerprint density at radius 2 is 1.78 bits per heavy atom. The summed E-state index contributed by atoms with van der Waals surface area (Å²) in [6.07, 6.45) is 0. The van der Waals surface area contributed by atoms with Crippen LogP contribution in [0.15, 0.2) is 42.5 Å². The lowest BCUT2D eigenvalue weighted by molar-refractivity contribution is -0.148. The van der Waals surface area contributed by atoms with E-state index in [0.717, 1.165) is 0 Å². The van der Waals surface area contributed by atoms with Crippen molar-refractivity contribution in [2.75, 3.05) is 38.9 Å². The van der Waals surface area contributed by atoms with Gasteiger partial charge in [0.25, 0.3) is 17.7 Å². The highest BCUT2D eigenvalue weighted by Gasteiger charge is 2.27. The zero-order chi connectivity index (χ0) is 23.1. The highest BCUT2D eigenvalue weighted by molar-refractivity contribution is 6.01. The van der Waals surface area contributed by atoms with Crippen LogP contribution in [0.2, 0.25) is 0 Å². The van der Waals surface area contributed by atoms with E-state index in [-0.39, 0.29) is 18.7 Å². The Labute approximate surface area is 183 Å². The molecule has 0 atom stereocenters. The van der Waals surface area contributed by atoms with Crippen molar-refractivity contribution in [2.45, 2.75) is 0 Å². The third-order valence-electron chi connectivity index (χ3n) is 4.42. The van der Waals surface area contributed by atoms with Crippen LogP contribution in [0.1, 0.15) is 10.4 Å². The van der Waals surface area contributed by atoms with Crippen LogP contribution in [0.4, 0.5) is 5.69 Å². The molecule has 0 spiro atoms. The molecule has 32 heavy (non-hydrogen) atoms. The van der Waals surface area contributed by atoms with Crippen LogP contribution < -0.4 is 30.0 Å². The fourth-order valence-corrected chi connectivity index (χ4v) is 2.86. The second kappa shape index (κ2) is 10.2. The molecule has 3 amide bonds. The number of fused-ring (bicyclic) bond motifs is 1. The molecule has 1 heterocycles. The minimum absolute atomic E-state index is 0.201. The number of ether oxygens (including phenoxy) is 4. The molecule has 0 bridgehead atoms. The highest BCUT2D eigenvalue weighted by Crippen LogP contribution is 2.31. The Balaban J connectivity index is 1.47. The van der Waals surface area contributed by atoms with Crippen molar-refractivity contribution in [3.05, 3.63) is 48.0 Å². The first-order valence-corrected chi connectivity index (χ1v) is 9.42. The van der Waals surface area contributed by atoms with E-state index in [2.05, 4.69) is 10.9 Å². The summed E-state index contributed by atoms with van der Waals surface area (Å²) in [6, 6.07) is 11.2. The number of hydrazine groups is 1. The van der Waals surface area contributed by atoms with Gasteiger partial charge in [-0.1, -0.05) is 12.1 Å². The van der Waals surface area contributed by atoms with E-state index in [1.54, 1.807) is 30.3 Å². The number of para-hydroxylation sites is 2. The van der Waals surface area contributed by atoms with Crippen LogP contribution in [0, 0.1) is 0 Å². The normalized spacial score (nSPS) is 12.2. The molecule has 2 aromatic carbocycles. The van der Waals surface area contributed by atoms with Gasteiger partial charge in [-0.15, -0.1) is 0 Å². The molecule has 0 aromatic heterocycles. The molecule has 2 N–H and O–H groups in total. The fraction of sp³-hybridized carbons (Fsp3) is 0.238. The lowest BCUT2D eigenvalue weighted by atomic mass is 10.2. The second-order valence-corrected chi connectivity index (χ2v) is 6.47. The smallest absolute Gasteiger partial charge is 0.326 e. The number of amides is 3. The van der Waals surface area contributed by atoms with Gasteiger partial charge in [0.05, 0.1) is 19.9 Å². The maximum atomic E-state index is 12.2. The summed E-state index contributed by atoms with van der Waals surface area (Å²) in [6.45, 7) is -1.23. The van der Waals surface area contributed by atoms with E-state index in [9.17, 15) is 19.2 Å². The van der Waals surface area contributed by atoms with E-state index in [1.165, 1.54) is 31.3 Å². The number of rotatable bonds is 7. The number of hydrogen-bond donors (Lipinski definition) is 2. The van der Waals surface area contributed by atoms with Gasteiger partial charge in [0, 0.05) is 5.56 Å². The molecule has 11 heteroatoms. The average Bonchev–Trinajstić information content (AvgIpc) is 2.82. The monoisotopic (exact) mass is 443 g/mol. The van der Waals surface area contributed by atoms with Crippen LogP contribution in [0.25, 0.3) is 0 Å². The van der Waals surface area contributed by atoms with Gasteiger partial charge < -0.3 is 18.9 Å². The van der Waals surface area contributed by atoms with Crippen molar-refractivity contribution in [3.63, 3.8) is 0 Å². The molecule has 0 radical (unpaired) electrons. The molecule has 0 unspecified atom stereocenters. The molecule has 0 aliphatic carbocycles. The van der Waals surface area contributed by atoms with Crippen LogP contribution in [-0.2, 0) is 19.1 Å². The topological polar surface area (TPSA) is 133 Å². The van der Waals surface area contributed by atoms with Gasteiger partial charge in [-0.2, -0.15) is 0 Å². The van der Waals surface area contributed by atoms with Gasteiger partial charge in [-0.25, -0.2) is 0 Å².